The average molecular weight is 322 g/mol. The first kappa shape index (κ1) is 14.9. The van der Waals surface area contributed by atoms with Gasteiger partial charge in [-0.2, -0.15) is 0 Å². The summed E-state index contributed by atoms with van der Waals surface area (Å²) < 4.78 is 6.25. The Bertz CT molecular complexity index is 404. The standard InChI is InChI=1S/C12H18BrClN2O/c1-6-17-7(2)11-15-9(12(3,4)5)8(13)10(14)16-11/h7H,6H2,1-5H3. The lowest BCUT2D eigenvalue weighted by Gasteiger charge is -2.21. The van der Waals surface area contributed by atoms with Crippen molar-refractivity contribution in [2.24, 2.45) is 0 Å². The van der Waals surface area contributed by atoms with Gasteiger partial charge in [0.2, 0.25) is 0 Å². The summed E-state index contributed by atoms with van der Waals surface area (Å²) in [6.07, 6.45) is -0.147. The van der Waals surface area contributed by atoms with Gasteiger partial charge in [0.15, 0.2) is 5.82 Å². The SMILES string of the molecule is CCOC(C)c1nc(Cl)c(Br)c(C(C)(C)C)n1. The molecule has 0 fully saturated rings. The lowest BCUT2D eigenvalue weighted by Crippen LogP contribution is -2.18. The molecule has 17 heavy (non-hydrogen) atoms. The fraction of sp³-hybridized carbons (Fsp3) is 0.667. The summed E-state index contributed by atoms with van der Waals surface area (Å²) in [6, 6.07) is 0. The molecule has 0 amide bonds. The third kappa shape index (κ3) is 3.63. The smallest absolute Gasteiger partial charge is 0.158 e. The molecule has 1 atom stereocenters. The van der Waals surface area contributed by atoms with Gasteiger partial charge in [-0.25, -0.2) is 9.97 Å². The average Bonchev–Trinajstić information content (AvgIpc) is 2.20. The maximum absolute atomic E-state index is 6.12. The maximum atomic E-state index is 6.12. The van der Waals surface area contributed by atoms with Crippen LogP contribution in [0.3, 0.4) is 0 Å². The van der Waals surface area contributed by atoms with Crippen molar-refractivity contribution in [3.05, 3.63) is 21.1 Å². The van der Waals surface area contributed by atoms with Crippen molar-refractivity contribution in [3.63, 3.8) is 0 Å². The third-order valence-corrected chi connectivity index (χ3v) is 3.57. The molecule has 1 heterocycles. The van der Waals surface area contributed by atoms with Gasteiger partial charge in [-0.1, -0.05) is 32.4 Å². The van der Waals surface area contributed by atoms with Gasteiger partial charge in [0.25, 0.3) is 0 Å². The summed E-state index contributed by atoms with van der Waals surface area (Å²) in [5.74, 6) is 0.630. The largest absolute Gasteiger partial charge is 0.371 e. The number of nitrogens with zero attached hydrogens (tertiary/aromatic N) is 2. The molecular formula is C12H18BrClN2O. The van der Waals surface area contributed by atoms with Gasteiger partial charge in [-0.15, -0.1) is 0 Å². The van der Waals surface area contributed by atoms with Crippen LogP contribution in [-0.4, -0.2) is 16.6 Å². The Morgan fingerprint density at radius 1 is 1.35 bits per heavy atom. The van der Waals surface area contributed by atoms with E-state index in [1.54, 1.807) is 0 Å². The number of hydrogen-bond donors (Lipinski definition) is 0. The van der Waals surface area contributed by atoms with Crippen molar-refractivity contribution in [1.82, 2.24) is 9.97 Å². The van der Waals surface area contributed by atoms with Crippen LogP contribution < -0.4 is 0 Å². The Morgan fingerprint density at radius 2 is 1.94 bits per heavy atom. The summed E-state index contributed by atoms with van der Waals surface area (Å²) >= 11 is 9.56. The quantitative estimate of drug-likeness (QED) is 0.779. The van der Waals surface area contributed by atoms with Crippen LogP contribution in [0.2, 0.25) is 5.15 Å². The molecule has 1 rings (SSSR count). The minimum atomic E-state index is -0.147. The first-order chi connectivity index (χ1) is 7.77. The Labute approximate surface area is 116 Å². The molecule has 0 saturated carbocycles. The highest BCUT2D eigenvalue weighted by Gasteiger charge is 2.24. The van der Waals surface area contributed by atoms with Crippen LogP contribution in [0.4, 0.5) is 0 Å². The van der Waals surface area contributed by atoms with Crippen LogP contribution in [0.25, 0.3) is 0 Å². The summed E-state index contributed by atoms with van der Waals surface area (Å²) in [7, 11) is 0. The van der Waals surface area contributed by atoms with Crippen molar-refractivity contribution in [2.45, 2.75) is 46.1 Å². The highest BCUT2D eigenvalue weighted by Crippen LogP contribution is 2.33. The molecule has 0 aliphatic carbocycles. The summed E-state index contributed by atoms with van der Waals surface area (Å²) in [4.78, 5) is 8.80. The molecule has 3 nitrogen and oxygen atoms in total. The first-order valence-electron chi connectivity index (χ1n) is 5.62. The van der Waals surface area contributed by atoms with Crippen LogP contribution in [0.1, 0.15) is 52.2 Å². The third-order valence-electron chi connectivity index (χ3n) is 2.32. The molecule has 5 heteroatoms. The number of aromatic nitrogens is 2. The van der Waals surface area contributed by atoms with Crippen molar-refractivity contribution in [2.75, 3.05) is 6.61 Å². The number of halogens is 2. The predicted molar refractivity (Wildman–Crippen MR) is 73.5 cm³/mol. The van der Waals surface area contributed by atoms with E-state index in [1.165, 1.54) is 0 Å². The van der Waals surface area contributed by atoms with E-state index in [1.807, 2.05) is 13.8 Å². The van der Waals surface area contributed by atoms with Gasteiger partial charge < -0.3 is 4.74 Å². The van der Waals surface area contributed by atoms with Crippen LogP contribution in [0.15, 0.2) is 4.47 Å². The van der Waals surface area contributed by atoms with E-state index < -0.39 is 0 Å². The summed E-state index contributed by atoms with van der Waals surface area (Å²) in [5.41, 5.74) is 0.811. The van der Waals surface area contributed by atoms with E-state index in [2.05, 4.69) is 46.7 Å². The second-order valence-corrected chi connectivity index (χ2v) is 6.03. The van der Waals surface area contributed by atoms with E-state index in [-0.39, 0.29) is 11.5 Å². The number of ether oxygens (including phenoxy) is 1. The van der Waals surface area contributed by atoms with Crippen LogP contribution in [0, 0.1) is 0 Å². The minimum absolute atomic E-state index is 0.0912. The van der Waals surface area contributed by atoms with Crippen LogP contribution in [-0.2, 0) is 10.2 Å². The zero-order valence-electron chi connectivity index (χ0n) is 10.8. The first-order valence-corrected chi connectivity index (χ1v) is 6.79. The van der Waals surface area contributed by atoms with Gasteiger partial charge in [-0.3, -0.25) is 0 Å². The van der Waals surface area contributed by atoms with E-state index in [0.29, 0.717) is 17.6 Å². The molecule has 0 aromatic carbocycles. The Kier molecular flexibility index (Phi) is 4.93. The Morgan fingerprint density at radius 3 is 2.41 bits per heavy atom. The molecule has 0 spiro atoms. The van der Waals surface area contributed by atoms with Gasteiger partial charge in [0.05, 0.1) is 10.2 Å². The molecule has 96 valence electrons. The molecule has 1 aromatic rings. The predicted octanol–water partition coefficient (Wildman–Crippen LogP) is 4.29. The maximum Gasteiger partial charge on any atom is 0.158 e. The lowest BCUT2D eigenvalue weighted by molar-refractivity contribution is 0.0697. The Balaban J connectivity index is 3.24. The molecule has 0 N–H and O–H groups in total. The molecule has 1 aromatic heterocycles. The monoisotopic (exact) mass is 320 g/mol. The van der Waals surface area contributed by atoms with Crippen molar-refractivity contribution in [3.8, 4) is 0 Å². The van der Waals surface area contributed by atoms with Crippen LogP contribution >= 0.6 is 27.5 Å². The molecule has 0 radical (unpaired) electrons. The van der Waals surface area contributed by atoms with Gasteiger partial charge >= 0.3 is 0 Å². The Hall–Kier alpha value is -0.190. The second kappa shape index (κ2) is 5.63. The number of rotatable bonds is 3. The molecule has 0 aliphatic rings. The van der Waals surface area contributed by atoms with Crippen molar-refractivity contribution in [1.29, 1.82) is 0 Å². The zero-order valence-corrected chi connectivity index (χ0v) is 13.2. The normalized spacial score (nSPS) is 13.8. The van der Waals surface area contributed by atoms with E-state index in [0.717, 1.165) is 10.2 Å². The van der Waals surface area contributed by atoms with Crippen LogP contribution in [0.5, 0.6) is 0 Å². The molecule has 0 aliphatic heterocycles. The van der Waals surface area contributed by atoms with Gasteiger partial charge in [0.1, 0.15) is 11.3 Å². The van der Waals surface area contributed by atoms with E-state index in [9.17, 15) is 0 Å². The molecular weight excluding hydrogens is 304 g/mol. The fourth-order valence-electron chi connectivity index (χ4n) is 1.44. The zero-order chi connectivity index (χ0) is 13.2. The molecule has 0 bridgehead atoms. The second-order valence-electron chi connectivity index (χ2n) is 4.88. The van der Waals surface area contributed by atoms with E-state index >= 15 is 0 Å². The minimum Gasteiger partial charge on any atom is -0.371 e. The highest BCUT2D eigenvalue weighted by molar-refractivity contribution is 9.10. The number of hydrogen-bond acceptors (Lipinski definition) is 3. The molecule has 0 saturated heterocycles. The molecule has 1 unspecified atom stereocenters. The van der Waals surface area contributed by atoms with Gasteiger partial charge in [-0.05, 0) is 29.8 Å². The lowest BCUT2D eigenvalue weighted by atomic mass is 9.92. The van der Waals surface area contributed by atoms with Crippen molar-refractivity contribution >= 4 is 27.5 Å². The summed E-state index contributed by atoms with van der Waals surface area (Å²) in [6.45, 7) is 10.8. The van der Waals surface area contributed by atoms with Gasteiger partial charge in [0, 0.05) is 12.0 Å². The highest BCUT2D eigenvalue weighted by atomic mass is 79.9. The topological polar surface area (TPSA) is 35.0 Å². The fourth-order valence-corrected chi connectivity index (χ4v) is 2.39. The van der Waals surface area contributed by atoms with Crippen molar-refractivity contribution < 1.29 is 4.74 Å². The summed E-state index contributed by atoms with van der Waals surface area (Å²) in [5, 5.41) is 0.437. The van der Waals surface area contributed by atoms with E-state index in [4.69, 9.17) is 16.3 Å².